The van der Waals surface area contributed by atoms with Gasteiger partial charge in [-0.3, -0.25) is 14.9 Å². The second kappa shape index (κ2) is 6.63. The van der Waals surface area contributed by atoms with Crippen LogP contribution in [0.5, 0.6) is 0 Å². The first-order chi connectivity index (χ1) is 8.97. The molecule has 1 atom stereocenters. The third kappa shape index (κ3) is 3.87. The first-order valence-corrected chi connectivity index (χ1v) is 5.98. The van der Waals surface area contributed by atoms with Crippen LogP contribution in [0.3, 0.4) is 0 Å². The lowest BCUT2D eigenvalue weighted by molar-refractivity contribution is -0.506. The average Bonchev–Trinajstić information content (AvgIpc) is 2.38. The zero-order valence-corrected chi connectivity index (χ0v) is 10.5. The van der Waals surface area contributed by atoms with Crippen LogP contribution in [-0.2, 0) is 0 Å². The first kappa shape index (κ1) is 14.8. The van der Waals surface area contributed by atoms with E-state index in [0.29, 0.717) is 6.42 Å². The Morgan fingerprint density at radius 3 is 2.21 bits per heavy atom. The van der Waals surface area contributed by atoms with E-state index < -0.39 is 22.7 Å². The quantitative estimate of drug-likeness (QED) is 0.463. The molecule has 19 heavy (non-hydrogen) atoms. The molecule has 0 heterocycles. The molecule has 6 heteroatoms. The second-order valence-corrected chi connectivity index (χ2v) is 4.19. The first-order valence-electron chi connectivity index (χ1n) is 5.98. The average molecular weight is 265 g/mol. The van der Waals surface area contributed by atoms with E-state index in [-0.39, 0.29) is 17.5 Å². The highest BCUT2D eigenvalue weighted by atomic mass is 16.6. The van der Waals surface area contributed by atoms with Gasteiger partial charge in [0.1, 0.15) is 0 Å². The summed E-state index contributed by atoms with van der Waals surface area (Å²) in [7, 11) is 0. The van der Waals surface area contributed by atoms with Crippen LogP contribution in [0.15, 0.2) is 24.3 Å². The number of ketones is 1. The maximum atomic E-state index is 12.0. The molecule has 1 rings (SSSR count). The van der Waals surface area contributed by atoms with E-state index in [2.05, 4.69) is 0 Å². The molecule has 0 aliphatic rings. The molecule has 0 aliphatic heterocycles. The molecule has 0 amide bonds. The highest BCUT2D eigenvalue weighted by Crippen LogP contribution is 2.13. The van der Waals surface area contributed by atoms with Crippen molar-refractivity contribution in [3.63, 3.8) is 0 Å². The number of carboxylic acids is 1. The molecule has 1 aromatic carbocycles. The van der Waals surface area contributed by atoms with E-state index in [0.717, 1.165) is 6.42 Å². The number of carbonyl (C=O) groups is 2. The van der Waals surface area contributed by atoms with Crippen LogP contribution in [-0.4, -0.2) is 27.8 Å². The number of nitrogens with zero attached hydrogens (tertiary/aromatic N) is 1. The number of hydrogen-bond donors (Lipinski definition) is 1. The number of carbonyl (C=O) groups excluding carboxylic acids is 1. The summed E-state index contributed by atoms with van der Waals surface area (Å²) in [5.41, 5.74) is 0.213. The van der Waals surface area contributed by atoms with Crippen molar-refractivity contribution in [1.29, 1.82) is 0 Å². The van der Waals surface area contributed by atoms with Crippen LogP contribution in [0.1, 0.15) is 46.9 Å². The Labute approximate surface area is 110 Å². The summed E-state index contributed by atoms with van der Waals surface area (Å²) in [4.78, 5) is 33.0. The van der Waals surface area contributed by atoms with Gasteiger partial charge in [0.2, 0.25) is 5.78 Å². The topological polar surface area (TPSA) is 97.5 Å². The summed E-state index contributed by atoms with van der Waals surface area (Å²) in [6.07, 6.45) is 1.57. The summed E-state index contributed by atoms with van der Waals surface area (Å²) in [5.74, 6) is -1.67. The van der Waals surface area contributed by atoms with E-state index >= 15 is 0 Å². The van der Waals surface area contributed by atoms with Gasteiger partial charge in [0.25, 0.3) is 6.04 Å². The molecule has 0 aliphatic carbocycles. The van der Waals surface area contributed by atoms with Crippen molar-refractivity contribution in [3.8, 4) is 0 Å². The third-order valence-corrected chi connectivity index (χ3v) is 2.80. The van der Waals surface area contributed by atoms with Crippen molar-refractivity contribution in [3.05, 3.63) is 45.5 Å². The lowest BCUT2D eigenvalue weighted by Gasteiger charge is -2.08. The Bertz CT molecular complexity index is 480. The third-order valence-electron chi connectivity index (χ3n) is 2.80. The van der Waals surface area contributed by atoms with Gasteiger partial charge in [-0.25, -0.2) is 4.79 Å². The maximum Gasteiger partial charge on any atom is 0.335 e. The van der Waals surface area contributed by atoms with Gasteiger partial charge >= 0.3 is 5.97 Å². The molecule has 6 nitrogen and oxygen atoms in total. The second-order valence-electron chi connectivity index (χ2n) is 4.19. The molecule has 1 aromatic rings. The van der Waals surface area contributed by atoms with E-state index in [1.807, 2.05) is 6.92 Å². The number of hydrogen-bond acceptors (Lipinski definition) is 4. The number of carboxylic acid groups (broad SMARTS) is 1. The van der Waals surface area contributed by atoms with Crippen molar-refractivity contribution in [1.82, 2.24) is 0 Å². The Morgan fingerprint density at radius 2 is 1.79 bits per heavy atom. The molecular formula is C13H15NO5. The van der Waals surface area contributed by atoms with E-state index in [4.69, 9.17) is 5.11 Å². The minimum absolute atomic E-state index is 0.0442. The number of rotatable bonds is 7. The van der Waals surface area contributed by atoms with Gasteiger partial charge in [-0.1, -0.05) is 25.5 Å². The number of nitro groups is 1. The van der Waals surface area contributed by atoms with Crippen molar-refractivity contribution in [2.75, 3.05) is 0 Å². The zero-order valence-electron chi connectivity index (χ0n) is 10.5. The zero-order chi connectivity index (χ0) is 14.4. The summed E-state index contributed by atoms with van der Waals surface area (Å²) in [6.45, 7) is 1.89. The highest BCUT2D eigenvalue weighted by molar-refractivity contribution is 6.00. The van der Waals surface area contributed by atoms with Crippen molar-refractivity contribution in [2.45, 2.75) is 32.2 Å². The molecule has 0 radical (unpaired) electrons. The molecule has 1 unspecified atom stereocenters. The van der Waals surface area contributed by atoms with Crippen LogP contribution in [0, 0.1) is 10.1 Å². The van der Waals surface area contributed by atoms with Gasteiger partial charge in [-0.15, -0.1) is 0 Å². The predicted octanol–water partition coefficient (Wildman–Crippen LogP) is 2.40. The standard InChI is InChI=1S/C13H15NO5/c1-2-3-4-11(14(18)19)12(15)9-5-7-10(8-6-9)13(16)17/h5-8,11H,2-4H2,1H3,(H,16,17). The van der Waals surface area contributed by atoms with Gasteiger partial charge in [0.05, 0.1) is 5.56 Å². The summed E-state index contributed by atoms with van der Waals surface area (Å²) >= 11 is 0. The molecular weight excluding hydrogens is 250 g/mol. The van der Waals surface area contributed by atoms with Gasteiger partial charge in [0.15, 0.2) is 0 Å². The Hall–Kier alpha value is -2.24. The lowest BCUT2D eigenvalue weighted by Crippen LogP contribution is -2.29. The Morgan fingerprint density at radius 1 is 1.26 bits per heavy atom. The highest BCUT2D eigenvalue weighted by Gasteiger charge is 2.29. The van der Waals surface area contributed by atoms with Crippen LogP contribution in [0.2, 0.25) is 0 Å². The number of aromatic carboxylic acids is 1. The van der Waals surface area contributed by atoms with Gasteiger partial charge in [-0.05, 0) is 18.6 Å². The van der Waals surface area contributed by atoms with E-state index in [1.54, 1.807) is 0 Å². The molecule has 0 fully saturated rings. The van der Waals surface area contributed by atoms with Crippen LogP contribution in [0.4, 0.5) is 0 Å². The van der Waals surface area contributed by atoms with Crippen LogP contribution >= 0.6 is 0 Å². The summed E-state index contributed by atoms with van der Waals surface area (Å²) < 4.78 is 0. The predicted molar refractivity (Wildman–Crippen MR) is 68.0 cm³/mol. The maximum absolute atomic E-state index is 12.0. The minimum Gasteiger partial charge on any atom is -0.478 e. The number of Topliss-reactive ketones (excluding diaryl/α,β-unsaturated/α-hetero) is 1. The van der Waals surface area contributed by atoms with Crippen molar-refractivity contribution >= 4 is 11.8 Å². The van der Waals surface area contributed by atoms with Crippen LogP contribution < -0.4 is 0 Å². The normalized spacial score (nSPS) is 11.8. The van der Waals surface area contributed by atoms with Gasteiger partial charge < -0.3 is 5.11 Å². The minimum atomic E-state index is -1.25. The smallest absolute Gasteiger partial charge is 0.335 e. The van der Waals surface area contributed by atoms with Gasteiger partial charge in [0, 0.05) is 16.9 Å². The molecule has 0 saturated heterocycles. The number of unbranched alkanes of at least 4 members (excludes halogenated alkanes) is 1. The molecule has 1 N–H and O–H groups in total. The molecule has 0 saturated carbocycles. The molecule has 102 valence electrons. The fraction of sp³-hybridized carbons (Fsp3) is 0.385. The van der Waals surface area contributed by atoms with Gasteiger partial charge in [-0.2, -0.15) is 0 Å². The molecule has 0 bridgehead atoms. The lowest BCUT2D eigenvalue weighted by atomic mass is 9.99. The van der Waals surface area contributed by atoms with Crippen molar-refractivity contribution in [2.24, 2.45) is 0 Å². The molecule has 0 spiro atoms. The largest absolute Gasteiger partial charge is 0.478 e. The fourth-order valence-electron chi connectivity index (χ4n) is 1.70. The van der Waals surface area contributed by atoms with E-state index in [9.17, 15) is 19.7 Å². The summed E-state index contributed by atoms with van der Waals surface area (Å²) in [5, 5.41) is 19.6. The fourth-order valence-corrected chi connectivity index (χ4v) is 1.70. The molecule has 0 aromatic heterocycles. The van der Waals surface area contributed by atoms with Crippen molar-refractivity contribution < 1.29 is 19.6 Å². The summed E-state index contributed by atoms with van der Waals surface area (Å²) in [6, 6.07) is 3.91. The monoisotopic (exact) mass is 265 g/mol. The van der Waals surface area contributed by atoms with Crippen LogP contribution in [0.25, 0.3) is 0 Å². The number of benzene rings is 1. The van der Waals surface area contributed by atoms with E-state index in [1.165, 1.54) is 24.3 Å². The Kier molecular flexibility index (Phi) is 5.17. The Balaban J connectivity index is 2.90. The SMILES string of the molecule is CCCCC(C(=O)c1ccc(C(=O)O)cc1)[N+](=O)[O-].